The van der Waals surface area contributed by atoms with E-state index in [9.17, 15) is 8.42 Å². The van der Waals surface area contributed by atoms with Gasteiger partial charge in [-0.25, -0.2) is 4.98 Å². The monoisotopic (exact) mass is 341 g/mol. The smallest absolute Gasteiger partial charge is 0.282 e. The summed E-state index contributed by atoms with van der Waals surface area (Å²) in [7, 11) is -1.24. The highest BCUT2D eigenvalue weighted by Gasteiger charge is 2.32. The van der Waals surface area contributed by atoms with E-state index >= 15 is 0 Å². The second-order valence-corrected chi connectivity index (χ2v) is 8.34. The van der Waals surface area contributed by atoms with Crippen molar-refractivity contribution in [3.63, 3.8) is 0 Å². The molecule has 0 spiro atoms. The molecule has 2 fully saturated rings. The summed E-state index contributed by atoms with van der Waals surface area (Å²) in [6, 6.07) is 0. The van der Waals surface area contributed by atoms with Crippen molar-refractivity contribution in [2.75, 3.05) is 45.8 Å². The third-order valence-electron chi connectivity index (χ3n) is 4.84. The summed E-state index contributed by atoms with van der Waals surface area (Å²) in [5.74, 6) is 1.08. The maximum absolute atomic E-state index is 12.7. The molecule has 0 radical (unpaired) electrons. The van der Waals surface area contributed by atoms with Gasteiger partial charge in [0, 0.05) is 65.1 Å². The molecule has 7 nitrogen and oxygen atoms in total. The zero-order valence-electron chi connectivity index (χ0n) is 13.9. The highest BCUT2D eigenvalue weighted by molar-refractivity contribution is 7.86. The van der Waals surface area contributed by atoms with Gasteiger partial charge in [0.2, 0.25) is 0 Å². The first kappa shape index (κ1) is 16.9. The van der Waals surface area contributed by atoms with Gasteiger partial charge >= 0.3 is 0 Å². The molecule has 3 rings (SSSR count). The van der Waals surface area contributed by atoms with Crippen LogP contribution in [0.4, 0.5) is 0 Å². The fourth-order valence-electron chi connectivity index (χ4n) is 3.38. The largest absolute Gasteiger partial charge is 0.338 e. The Balaban J connectivity index is 1.53. The van der Waals surface area contributed by atoms with Crippen molar-refractivity contribution in [2.24, 2.45) is 7.05 Å². The number of hydrogen-bond acceptors (Lipinski definition) is 4. The van der Waals surface area contributed by atoms with Crippen molar-refractivity contribution in [3.8, 4) is 0 Å². The second-order valence-electron chi connectivity index (χ2n) is 6.41. The lowest BCUT2D eigenvalue weighted by molar-refractivity contribution is 0.285. The Kier molecular flexibility index (Phi) is 5.35. The van der Waals surface area contributed by atoms with Gasteiger partial charge < -0.3 is 9.47 Å². The summed E-state index contributed by atoms with van der Waals surface area (Å²) in [6.07, 6.45) is 7.56. The molecule has 0 saturated carbocycles. The van der Waals surface area contributed by atoms with Gasteiger partial charge in [0.25, 0.3) is 10.2 Å². The van der Waals surface area contributed by atoms with Gasteiger partial charge in [0.15, 0.2) is 0 Å². The molecule has 2 aliphatic rings. The Bertz CT molecular complexity index is 609. The van der Waals surface area contributed by atoms with Crippen LogP contribution in [-0.2, 0) is 23.7 Å². The first-order valence-electron chi connectivity index (χ1n) is 8.51. The van der Waals surface area contributed by atoms with E-state index in [0.717, 1.165) is 51.1 Å². The number of aromatic nitrogens is 2. The second kappa shape index (κ2) is 7.29. The zero-order valence-corrected chi connectivity index (χ0v) is 14.7. The molecule has 2 saturated heterocycles. The summed E-state index contributed by atoms with van der Waals surface area (Å²) in [4.78, 5) is 6.71. The van der Waals surface area contributed by atoms with Crippen LogP contribution >= 0.6 is 0 Å². The van der Waals surface area contributed by atoms with Gasteiger partial charge in [-0.1, -0.05) is 0 Å². The average molecular weight is 341 g/mol. The molecule has 1 aromatic heterocycles. The molecule has 0 bridgehead atoms. The molecule has 1 aromatic rings. The van der Waals surface area contributed by atoms with Crippen LogP contribution in [0.3, 0.4) is 0 Å². The molecule has 0 amide bonds. The summed E-state index contributed by atoms with van der Waals surface area (Å²) >= 11 is 0. The minimum Gasteiger partial charge on any atom is -0.338 e. The third kappa shape index (κ3) is 3.93. The van der Waals surface area contributed by atoms with E-state index in [-0.39, 0.29) is 0 Å². The van der Waals surface area contributed by atoms with Crippen molar-refractivity contribution in [2.45, 2.75) is 25.7 Å². The maximum atomic E-state index is 12.7. The lowest BCUT2D eigenvalue weighted by atomic mass is 10.3. The van der Waals surface area contributed by atoms with Crippen molar-refractivity contribution in [1.29, 1.82) is 0 Å². The van der Waals surface area contributed by atoms with E-state index < -0.39 is 10.2 Å². The summed E-state index contributed by atoms with van der Waals surface area (Å²) in [5.41, 5.74) is 0. The van der Waals surface area contributed by atoms with Gasteiger partial charge in [-0.15, -0.1) is 0 Å². The Labute approximate surface area is 139 Å². The number of aryl methyl sites for hydroxylation is 1. The predicted octanol–water partition coefficient (Wildman–Crippen LogP) is 0.311. The maximum Gasteiger partial charge on any atom is 0.282 e. The molecule has 3 heterocycles. The van der Waals surface area contributed by atoms with Crippen LogP contribution in [0.5, 0.6) is 0 Å². The first-order chi connectivity index (χ1) is 11.1. The lowest BCUT2D eigenvalue weighted by Gasteiger charge is -2.26. The number of hydrogen-bond donors (Lipinski definition) is 0. The molecule has 8 heteroatoms. The third-order valence-corrected chi connectivity index (χ3v) is 6.87. The van der Waals surface area contributed by atoms with Gasteiger partial charge in [-0.3, -0.25) is 0 Å². The molecule has 0 N–H and O–H groups in total. The van der Waals surface area contributed by atoms with Gasteiger partial charge in [-0.05, 0) is 25.8 Å². The predicted molar refractivity (Wildman–Crippen MR) is 89.3 cm³/mol. The van der Waals surface area contributed by atoms with Crippen LogP contribution in [0.1, 0.15) is 25.1 Å². The van der Waals surface area contributed by atoms with Crippen molar-refractivity contribution < 1.29 is 8.42 Å². The quantitative estimate of drug-likeness (QED) is 0.773. The topological polar surface area (TPSA) is 61.7 Å². The van der Waals surface area contributed by atoms with Crippen LogP contribution in [0, 0.1) is 0 Å². The Hall–Kier alpha value is -0.960. The van der Waals surface area contributed by atoms with E-state index in [0.29, 0.717) is 26.2 Å². The number of rotatable bonds is 5. The minimum absolute atomic E-state index is 0.597. The molecule has 130 valence electrons. The highest BCUT2D eigenvalue weighted by atomic mass is 32.2. The molecule has 0 unspecified atom stereocenters. The van der Waals surface area contributed by atoms with Crippen LogP contribution in [-0.4, -0.2) is 77.3 Å². The average Bonchev–Trinajstić information content (AvgIpc) is 3.13. The molecular weight excluding hydrogens is 314 g/mol. The van der Waals surface area contributed by atoms with Crippen LogP contribution in [0.2, 0.25) is 0 Å². The summed E-state index contributed by atoms with van der Waals surface area (Å²) < 4.78 is 30.7. The van der Waals surface area contributed by atoms with E-state index in [1.165, 1.54) is 0 Å². The van der Waals surface area contributed by atoms with Crippen molar-refractivity contribution in [3.05, 3.63) is 18.2 Å². The summed E-state index contributed by atoms with van der Waals surface area (Å²) in [6.45, 7) is 5.29. The fourth-order valence-corrected chi connectivity index (χ4v) is 5.10. The molecule has 2 aliphatic heterocycles. The minimum atomic E-state index is -3.25. The Morgan fingerprint density at radius 1 is 1.00 bits per heavy atom. The SMILES string of the molecule is Cn1ccnc1CCN1CCCN(S(=O)(=O)N2CCCC2)CC1. The number of imidazole rings is 1. The molecule has 23 heavy (non-hydrogen) atoms. The van der Waals surface area contributed by atoms with Crippen LogP contribution < -0.4 is 0 Å². The van der Waals surface area contributed by atoms with Crippen LogP contribution in [0.15, 0.2) is 12.4 Å². The fraction of sp³-hybridized carbons (Fsp3) is 0.800. The van der Waals surface area contributed by atoms with E-state index in [1.807, 2.05) is 24.0 Å². The van der Waals surface area contributed by atoms with E-state index in [1.54, 1.807) is 8.61 Å². The van der Waals surface area contributed by atoms with E-state index in [4.69, 9.17) is 0 Å². The molecule has 0 aromatic carbocycles. The number of nitrogens with zero attached hydrogens (tertiary/aromatic N) is 5. The Morgan fingerprint density at radius 3 is 2.39 bits per heavy atom. The molecule has 0 atom stereocenters. The standard InChI is InChI=1S/C15H27N5O2S/c1-17-12-6-16-15(17)5-11-18-7-4-10-20(14-13-18)23(21,22)19-8-2-3-9-19/h6,12H,2-5,7-11,13-14H2,1H3. The molecular formula is C15H27N5O2S. The lowest BCUT2D eigenvalue weighted by Crippen LogP contribution is -2.44. The van der Waals surface area contributed by atoms with Crippen LogP contribution in [0.25, 0.3) is 0 Å². The van der Waals surface area contributed by atoms with Crippen molar-refractivity contribution >= 4 is 10.2 Å². The highest BCUT2D eigenvalue weighted by Crippen LogP contribution is 2.18. The Morgan fingerprint density at radius 2 is 1.70 bits per heavy atom. The van der Waals surface area contributed by atoms with Crippen molar-refractivity contribution in [1.82, 2.24) is 23.1 Å². The zero-order chi connectivity index (χ0) is 16.3. The first-order valence-corrected chi connectivity index (χ1v) is 9.91. The van der Waals surface area contributed by atoms with Gasteiger partial charge in [0.1, 0.15) is 5.82 Å². The van der Waals surface area contributed by atoms with Gasteiger partial charge in [0.05, 0.1) is 0 Å². The normalized spacial score (nSPS) is 22.5. The van der Waals surface area contributed by atoms with E-state index in [2.05, 4.69) is 9.88 Å². The molecule has 0 aliphatic carbocycles. The van der Waals surface area contributed by atoms with Gasteiger partial charge in [-0.2, -0.15) is 17.0 Å². The summed E-state index contributed by atoms with van der Waals surface area (Å²) in [5, 5.41) is 0.